The van der Waals surface area contributed by atoms with Crippen LogP contribution in [0.15, 0.2) is 18.2 Å². The number of piperazine rings is 1. The van der Waals surface area contributed by atoms with Crippen molar-refractivity contribution in [2.24, 2.45) is 0 Å². The first-order valence-electron chi connectivity index (χ1n) is 9.20. The van der Waals surface area contributed by atoms with E-state index in [1.807, 2.05) is 4.90 Å². The average molecular weight is 383 g/mol. The molecule has 0 radical (unpaired) electrons. The molecule has 1 aromatic carbocycles. The van der Waals surface area contributed by atoms with Crippen LogP contribution in [-0.2, 0) is 10.2 Å². The molecule has 8 heteroatoms. The van der Waals surface area contributed by atoms with Crippen LogP contribution in [0.3, 0.4) is 0 Å². The van der Waals surface area contributed by atoms with Crippen LogP contribution in [0.4, 0.5) is 10.1 Å². The first-order chi connectivity index (χ1) is 12.4. The predicted molar refractivity (Wildman–Crippen MR) is 99.2 cm³/mol. The molecular formula is C18H26FN3O3S. The van der Waals surface area contributed by atoms with Crippen molar-refractivity contribution < 1.29 is 17.6 Å². The first kappa shape index (κ1) is 19.3. The van der Waals surface area contributed by atoms with Gasteiger partial charge in [0.1, 0.15) is 5.82 Å². The molecule has 2 aliphatic heterocycles. The molecule has 0 atom stereocenters. The maximum atomic E-state index is 14.3. The lowest BCUT2D eigenvalue weighted by atomic mass is 10.1. The fourth-order valence-electron chi connectivity index (χ4n) is 3.58. The number of benzene rings is 1. The molecule has 0 N–H and O–H groups in total. The van der Waals surface area contributed by atoms with Gasteiger partial charge in [-0.15, -0.1) is 0 Å². The minimum atomic E-state index is -3.44. The lowest BCUT2D eigenvalue weighted by molar-refractivity contribution is 0.101. The lowest BCUT2D eigenvalue weighted by Gasteiger charge is -2.37. The van der Waals surface area contributed by atoms with Crippen LogP contribution in [0.1, 0.15) is 43.0 Å². The van der Waals surface area contributed by atoms with Crippen molar-refractivity contribution in [3.8, 4) is 0 Å². The average Bonchev–Trinajstić information content (AvgIpc) is 2.91. The number of carbonyl (C=O) groups is 1. The highest BCUT2D eigenvalue weighted by Crippen LogP contribution is 2.24. The first-order valence-corrected chi connectivity index (χ1v) is 10.6. The molecule has 26 heavy (non-hydrogen) atoms. The minimum absolute atomic E-state index is 0.177. The van der Waals surface area contributed by atoms with Crippen LogP contribution in [-0.4, -0.2) is 62.1 Å². The zero-order valence-electron chi connectivity index (χ0n) is 15.2. The van der Waals surface area contributed by atoms with Crippen LogP contribution in [0, 0.1) is 5.82 Å². The molecule has 0 saturated carbocycles. The van der Waals surface area contributed by atoms with Crippen LogP contribution in [0.25, 0.3) is 0 Å². The fraction of sp³-hybridized carbons (Fsp3) is 0.611. The highest BCUT2D eigenvalue weighted by molar-refractivity contribution is 7.86. The zero-order chi connectivity index (χ0) is 18.7. The van der Waals surface area contributed by atoms with Crippen molar-refractivity contribution in [2.45, 2.75) is 32.6 Å². The molecule has 144 valence electrons. The van der Waals surface area contributed by atoms with E-state index in [2.05, 4.69) is 0 Å². The SMILES string of the molecule is CC(=O)c1ccc(N2CCN(S(=O)(=O)N3CCCCCC3)CC2)c(F)c1. The number of Topliss-reactive ketones (excluding diaryl/α,β-unsaturated/α-hetero) is 1. The van der Waals surface area contributed by atoms with Gasteiger partial charge in [0, 0.05) is 44.8 Å². The largest absolute Gasteiger partial charge is 0.367 e. The molecule has 0 aromatic heterocycles. The standard InChI is InChI=1S/C18H26FN3O3S/c1-15(23)16-6-7-18(17(19)14-16)20-10-12-22(13-11-20)26(24,25)21-8-4-2-3-5-9-21/h6-7,14H,2-5,8-13H2,1H3. The van der Waals surface area contributed by atoms with Crippen LogP contribution in [0.2, 0.25) is 0 Å². The Morgan fingerprint density at radius 3 is 2.04 bits per heavy atom. The van der Waals surface area contributed by atoms with Gasteiger partial charge in [0.05, 0.1) is 5.69 Å². The van der Waals surface area contributed by atoms with Gasteiger partial charge in [-0.3, -0.25) is 4.79 Å². The topological polar surface area (TPSA) is 60.9 Å². The van der Waals surface area contributed by atoms with Gasteiger partial charge in [-0.25, -0.2) is 4.39 Å². The second kappa shape index (κ2) is 8.02. The summed E-state index contributed by atoms with van der Waals surface area (Å²) in [6.07, 6.45) is 3.98. The second-order valence-electron chi connectivity index (χ2n) is 6.93. The van der Waals surface area contributed by atoms with Crippen LogP contribution < -0.4 is 4.90 Å². The second-order valence-corrected chi connectivity index (χ2v) is 8.86. The summed E-state index contributed by atoms with van der Waals surface area (Å²) in [5.74, 6) is -0.620. The normalized spacial score (nSPS) is 20.8. The smallest absolute Gasteiger partial charge is 0.282 e. The third kappa shape index (κ3) is 4.07. The Morgan fingerprint density at radius 2 is 1.50 bits per heavy atom. The summed E-state index contributed by atoms with van der Waals surface area (Å²) in [4.78, 5) is 13.2. The summed E-state index contributed by atoms with van der Waals surface area (Å²) >= 11 is 0. The highest BCUT2D eigenvalue weighted by atomic mass is 32.2. The van der Waals surface area contributed by atoms with E-state index in [1.54, 1.807) is 16.4 Å². The van der Waals surface area contributed by atoms with Gasteiger partial charge in [0.25, 0.3) is 10.2 Å². The summed E-state index contributed by atoms with van der Waals surface area (Å²) < 4.78 is 43.1. The van der Waals surface area contributed by atoms with E-state index < -0.39 is 16.0 Å². The Kier molecular flexibility index (Phi) is 5.94. The molecule has 1 aromatic rings. The van der Waals surface area contributed by atoms with E-state index in [-0.39, 0.29) is 5.78 Å². The molecule has 2 heterocycles. The van der Waals surface area contributed by atoms with E-state index in [9.17, 15) is 17.6 Å². The summed E-state index contributed by atoms with van der Waals surface area (Å²) in [6.45, 7) is 4.13. The summed E-state index contributed by atoms with van der Waals surface area (Å²) in [7, 11) is -3.44. The maximum Gasteiger partial charge on any atom is 0.282 e. The third-order valence-electron chi connectivity index (χ3n) is 5.15. The minimum Gasteiger partial charge on any atom is -0.367 e. The van der Waals surface area contributed by atoms with E-state index in [1.165, 1.54) is 17.3 Å². The predicted octanol–water partition coefficient (Wildman–Crippen LogP) is 2.27. The quantitative estimate of drug-likeness (QED) is 0.749. The summed E-state index contributed by atoms with van der Waals surface area (Å²) in [5.41, 5.74) is 0.760. The van der Waals surface area contributed by atoms with E-state index in [4.69, 9.17) is 0 Å². The lowest BCUT2D eigenvalue weighted by Crippen LogP contribution is -2.53. The van der Waals surface area contributed by atoms with Gasteiger partial charge in [-0.2, -0.15) is 17.0 Å². The van der Waals surface area contributed by atoms with E-state index in [0.717, 1.165) is 25.7 Å². The molecule has 0 spiro atoms. The molecule has 3 rings (SSSR count). The monoisotopic (exact) mass is 383 g/mol. The molecule has 0 bridgehead atoms. The molecular weight excluding hydrogens is 357 g/mol. The summed E-state index contributed by atoms with van der Waals surface area (Å²) in [6, 6.07) is 4.46. The van der Waals surface area contributed by atoms with E-state index in [0.29, 0.717) is 50.5 Å². The van der Waals surface area contributed by atoms with E-state index >= 15 is 0 Å². The third-order valence-corrected chi connectivity index (χ3v) is 7.19. The number of hydrogen-bond donors (Lipinski definition) is 0. The van der Waals surface area contributed by atoms with Crippen molar-refractivity contribution in [1.29, 1.82) is 0 Å². The van der Waals surface area contributed by atoms with Gasteiger partial charge in [-0.05, 0) is 38.0 Å². The molecule has 0 amide bonds. The number of carbonyl (C=O) groups excluding carboxylic acids is 1. The Hall–Kier alpha value is -1.51. The number of rotatable bonds is 4. The molecule has 6 nitrogen and oxygen atoms in total. The maximum absolute atomic E-state index is 14.3. The van der Waals surface area contributed by atoms with Crippen molar-refractivity contribution in [1.82, 2.24) is 8.61 Å². The van der Waals surface area contributed by atoms with Gasteiger partial charge in [-0.1, -0.05) is 12.8 Å². The Labute approximate surface area is 154 Å². The van der Waals surface area contributed by atoms with Gasteiger partial charge in [0.15, 0.2) is 5.78 Å². The molecule has 2 aliphatic rings. The number of halogens is 1. The van der Waals surface area contributed by atoms with Gasteiger partial charge >= 0.3 is 0 Å². The van der Waals surface area contributed by atoms with Crippen molar-refractivity contribution in [2.75, 3.05) is 44.2 Å². The van der Waals surface area contributed by atoms with Gasteiger partial charge in [0.2, 0.25) is 0 Å². The number of hydrogen-bond acceptors (Lipinski definition) is 4. The number of nitrogens with zero attached hydrogens (tertiary/aromatic N) is 3. The Morgan fingerprint density at radius 1 is 0.923 bits per heavy atom. The van der Waals surface area contributed by atoms with Crippen molar-refractivity contribution >= 4 is 21.7 Å². The van der Waals surface area contributed by atoms with Crippen LogP contribution >= 0.6 is 0 Å². The van der Waals surface area contributed by atoms with Crippen molar-refractivity contribution in [3.63, 3.8) is 0 Å². The van der Waals surface area contributed by atoms with Crippen molar-refractivity contribution in [3.05, 3.63) is 29.6 Å². The highest BCUT2D eigenvalue weighted by Gasteiger charge is 2.33. The molecule has 0 aliphatic carbocycles. The number of anilines is 1. The Balaban J connectivity index is 1.66. The molecule has 2 fully saturated rings. The summed E-state index contributed by atoms with van der Waals surface area (Å²) in [5, 5.41) is 0. The zero-order valence-corrected chi connectivity index (χ0v) is 16.0. The van der Waals surface area contributed by atoms with Gasteiger partial charge < -0.3 is 4.90 Å². The molecule has 2 saturated heterocycles. The number of ketones is 1. The molecule has 0 unspecified atom stereocenters. The van der Waals surface area contributed by atoms with Crippen LogP contribution in [0.5, 0.6) is 0 Å². The fourth-order valence-corrected chi connectivity index (χ4v) is 5.25. The Bertz CT molecular complexity index is 753.